The van der Waals surface area contributed by atoms with E-state index in [9.17, 15) is 13.2 Å². The van der Waals surface area contributed by atoms with E-state index in [1.54, 1.807) is 25.1 Å². The molecule has 0 aliphatic carbocycles. The van der Waals surface area contributed by atoms with Crippen molar-refractivity contribution in [3.8, 4) is 0 Å². The molecule has 0 saturated heterocycles. The molecule has 2 rings (SSSR count). The highest BCUT2D eigenvalue weighted by atomic mass is 35.5. The normalized spacial score (nSPS) is 11.4. The van der Waals surface area contributed by atoms with Gasteiger partial charge in [-0.25, -0.2) is 13.1 Å². The van der Waals surface area contributed by atoms with Crippen LogP contribution in [0.3, 0.4) is 0 Å². The number of benzene rings is 1. The van der Waals surface area contributed by atoms with Crippen LogP contribution >= 0.6 is 11.6 Å². The molecule has 1 amide bonds. The molecule has 1 aromatic heterocycles. The van der Waals surface area contributed by atoms with Gasteiger partial charge in [0.15, 0.2) is 5.82 Å². The number of sulfonamides is 1. The molecule has 7 nitrogen and oxygen atoms in total. The minimum absolute atomic E-state index is 0.0281. The van der Waals surface area contributed by atoms with Crippen molar-refractivity contribution in [2.24, 2.45) is 0 Å². The van der Waals surface area contributed by atoms with Crippen LogP contribution in [0.2, 0.25) is 5.02 Å². The summed E-state index contributed by atoms with van der Waals surface area (Å²) in [6.07, 6.45) is 0. The maximum atomic E-state index is 12.2. The van der Waals surface area contributed by atoms with Crippen molar-refractivity contribution in [3.63, 3.8) is 0 Å². The van der Waals surface area contributed by atoms with E-state index in [1.165, 1.54) is 24.0 Å². The fourth-order valence-electron chi connectivity index (χ4n) is 1.92. The topological polar surface area (TPSA) is 92.5 Å². The number of rotatable bonds is 6. The van der Waals surface area contributed by atoms with E-state index < -0.39 is 10.0 Å². The average Bonchev–Trinajstić information content (AvgIpc) is 2.89. The Kier molecular flexibility index (Phi) is 5.40. The fourth-order valence-corrected chi connectivity index (χ4v) is 3.24. The van der Waals surface area contributed by atoms with Crippen molar-refractivity contribution < 1.29 is 17.7 Å². The van der Waals surface area contributed by atoms with Gasteiger partial charge in [-0.2, -0.15) is 0 Å². The minimum Gasteiger partial charge on any atom is -0.360 e. The van der Waals surface area contributed by atoms with Gasteiger partial charge < -0.3 is 4.52 Å². The average molecular weight is 358 g/mol. The summed E-state index contributed by atoms with van der Waals surface area (Å²) < 4.78 is 31.7. The van der Waals surface area contributed by atoms with E-state index in [2.05, 4.69) is 9.88 Å². The molecule has 124 valence electrons. The summed E-state index contributed by atoms with van der Waals surface area (Å²) in [5, 5.41) is 4.09. The first kappa shape index (κ1) is 17.5. The Balaban J connectivity index is 2.03. The molecule has 0 bridgehead atoms. The third kappa shape index (κ3) is 4.54. The molecule has 9 heteroatoms. The van der Waals surface area contributed by atoms with Crippen LogP contribution in [0.25, 0.3) is 0 Å². The SMILES string of the molecule is CC(=O)N(CCNS(=O)(=O)c1cccc(Cl)c1)c1cc(C)on1. The molecule has 0 atom stereocenters. The second kappa shape index (κ2) is 7.12. The van der Waals surface area contributed by atoms with Crippen LogP contribution < -0.4 is 9.62 Å². The standard InChI is InChI=1S/C14H16ClN3O4S/c1-10-8-14(17-22-10)18(11(2)19)7-6-16-23(20,21)13-5-3-4-12(15)9-13/h3-5,8-9,16H,6-7H2,1-2H3. The number of hydrogen-bond donors (Lipinski definition) is 1. The van der Waals surface area contributed by atoms with E-state index in [1.807, 2.05) is 0 Å². The number of amides is 1. The third-order valence-corrected chi connectivity index (χ3v) is 4.70. The smallest absolute Gasteiger partial charge is 0.240 e. The number of aryl methyl sites for hydroxylation is 1. The van der Waals surface area contributed by atoms with Gasteiger partial charge in [0.2, 0.25) is 15.9 Å². The highest BCUT2D eigenvalue weighted by molar-refractivity contribution is 7.89. The van der Waals surface area contributed by atoms with Crippen molar-refractivity contribution in [1.82, 2.24) is 9.88 Å². The Morgan fingerprint density at radius 2 is 2.13 bits per heavy atom. The lowest BCUT2D eigenvalue weighted by Gasteiger charge is -2.17. The lowest BCUT2D eigenvalue weighted by molar-refractivity contribution is -0.116. The molecule has 0 aliphatic rings. The molecule has 1 N–H and O–H groups in total. The second-order valence-corrected chi connectivity index (χ2v) is 7.02. The van der Waals surface area contributed by atoms with Crippen molar-refractivity contribution in [3.05, 3.63) is 41.1 Å². The molecule has 23 heavy (non-hydrogen) atoms. The van der Waals surface area contributed by atoms with Gasteiger partial charge in [-0.1, -0.05) is 22.8 Å². The van der Waals surface area contributed by atoms with Gasteiger partial charge in [0.1, 0.15) is 5.76 Å². The molecule has 1 aromatic carbocycles. The molecule has 0 aliphatic heterocycles. The molecule has 2 aromatic rings. The van der Waals surface area contributed by atoms with E-state index in [4.69, 9.17) is 16.1 Å². The third-order valence-electron chi connectivity index (χ3n) is 3.01. The lowest BCUT2D eigenvalue weighted by Crippen LogP contribution is -2.37. The molecule has 0 fully saturated rings. The lowest BCUT2D eigenvalue weighted by atomic mass is 10.4. The number of carbonyl (C=O) groups excluding carboxylic acids is 1. The summed E-state index contributed by atoms with van der Waals surface area (Å²) in [5.41, 5.74) is 0. The predicted octanol–water partition coefficient (Wildman–Crippen LogP) is 1.97. The minimum atomic E-state index is -3.70. The van der Waals surface area contributed by atoms with Crippen LogP contribution in [0.4, 0.5) is 5.82 Å². The number of aromatic nitrogens is 1. The van der Waals surface area contributed by atoms with Crippen molar-refractivity contribution >= 4 is 33.3 Å². The molecule has 1 heterocycles. The van der Waals surface area contributed by atoms with Gasteiger partial charge in [-0.05, 0) is 25.1 Å². The first-order valence-corrected chi connectivity index (χ1v) is 8.62. The highest BCUT2D eigenvalue weighted by Gasteiger charge is 2.18. The summed E-state index contributed by atoms with van der Waals surface area (Å²) in [5.74, 6) is 0.642. The maximum Gasteiger partial charge on any atom is 0.240 e. The molecule has 0 saturated carbocycles. The van der Waals surface area contributed by atoms with Gasteiger partial charge in [0, 0.05) is 31.1 Å². The van der Waals surface area contributed by atoms with Gasteiger partial charge >= 0.3 is 0 Å². The predicted molar refractivity (Wildman–Crippen MR) is 85.9 cm³/mol. The Morgan fingerprint density at radius 3 is 2.70 bits per heavy atom. The molecule has 0 spiro atoms. The van der Waals surface area contributed by atoms with Crippen LogP contribution in [-0.2, 0) is 14.8 Å². The van der Waals surface area contributed by atoms with E-state index >= 15 is 0 Å². The zero-order chi connectivity index (χ0) is 17.0. The zero-order valence-electron chi connectivity index (χ0n) is 12.6. The number of halogens is 1. The van der Waals surface area contributed by atoms with E-state index in [0.29, 0.717) is 16.6 Å². The van der Waals surface area contributed by atoms with Crippen molar-refractivity contribution in [1.29, 1.82) is 0 Å². The Hall–Kier alpha value is -1.90. The number of carbonyl (C=O) groups is 1. The van der Waals surface area contributed by atoms with Crippen molar-refractivity contribution in [2.45, 2.75) is 18.7 Å². The van der Waals surface area contributed by atoms with Gasteiger partial charge in [0.05, 0.1) is 4.90 Å². The quantitative estimate of drug-likeness (QED) is 0.853. The first-order valence-electron chi connectivity index (χ1n) is 6.76. The number of nitrogens with one attached hydrogen (secondary N) is 1. The summed E-state index contributed by atoms with van der Waals surface area (Å²) in [6, 6.07) is 7.54. The number of hydrogen-bond acceptors (Lipinski definition) is 5. The summed E-state index contributed by atoms with van der Waals surface area (Å²) in [6.45, 7) is 3.23. The van der Waals surface area contributed by atoms with Crippen LogP contribution in [0.5, 0.6) is 0 Å². The summed E-state index contributed by atoms with van der Waals surface area (Å²) in [7, 11) is -3.70. The Morgan fingerprint density at radius 1 is 1.39 bits per heavy atom. The zero-order valence-corrected chi connectivity index (χ0v) is 14.2. The molecular formula is C14H16ClN3O4S. The van der Waals surface area contributed by atoms with Gasteiger partial charge in [0.25, 0.3) is 0 Å². The Labute approximate surface area is 139 Å². The van der Waals surface area contributed by atoms with Gasteiger partial charge in [-0.15, -0.1) is 0 Å². The van der Waals surface area contributed by atoms with Crippen molar-refractivity contribution in [2.75, 3.05) is 18.0 Å². The molecular weight excluding hydrogens is 342 g/mol. The number of anilines is 1. The summed E-state index contributed by atoms with van der Waals surface area (Å²) >= 11 is 5.80. The number of nitrogens with zero attached hydrogens (tertiary/aromatic N) is 2. The van der Waals surface area contributed by atoms with Crippen LogP contribution in [0, 0.1) is 6.92 Å². The molecule has 0 radical (unpaired) electrons. The fraction of sp³-hybridized carbons (Fsp3) is 0.286. The van der Waals surface area contributed by atoms with Crippen LogP contribution in [0.15, 0.2) is 39.8 Å². The van der Waals surface area contributed by atoms with Gasteiger partial charge in [-0.3, -0.25) is 9.69 Å². The summed E-state index contributed by atoms with van der Waals surface area (Å²) in [4.78, 5) is 13.1. The second-order valence-electron chi connectivity index (χ2n) is 4.82. The molecule has 0 unspecified atom stereocenters. The first-order chi connectivity index (χ1) is 10.8. The van der Waals surface area contributed by atoms with Crippen LogP contribution in [-0.4, -0.2) is 32.6 Å². The highest BCUT2D eigenvalue weighted by Crippen LogP contribution is 2.16. The largest absolute Gasteiger partial charge is 0.360 e. The maximum absolute atomic E-state index is 12.2. The monoisotopic (exact) mass is 357 g/mol. The Bertz CT molecular complexity index is 804. The van der Waals surface area contributed by atoms with Crippen LogP contribution in [0.1, 0.15) is 12.7 Å². The van der Waals surface area contributed by atoms with E-state index in [-0.39, 0.29) is 23.9 Å². The van der Waals surface area contributed by atoms with E-state index in [0.717, 1.165) is 0 Å².